The standard InChI is InChI=1S/C23H24FN3O4/c1-31-14-4-13-26(23(28)19-5-2-6-21(15-19)27(29)30)17-22-7-3-12-25(22)16-18-8-10-20(24)11-9-18/h2-3,5-12,15H,4,13-14,16-17H2,1H3. The van der Waals surface area contributed by atoms with Crippen LogP contribution in [0.5, 0.6) is 0 Å². The molecule has 0 spiro atoms. The van der Waals surface area contributed by atoms with Gasteiger partial charge in [0.1, 0.15) is 5.82 Å². The Hall–Kier alpha value is -3.52. The largest absolute Gasteiger partial charge is 0.385 e. The van der Waals surface area contributed by atoms with Crippen molar-refractivity contribution in [3.8, 4) is 0 Å². The van der Waals surface area contributed by atoms with E-state index in [4.69, 9.17) is 4.74 Å². The Morgan fingerprint density at radius 3 is 2.65 bits per heavy atom. The number of nitro benzene ring substituents is 1. The lowest BCUT2D eigenvalue weighted by atomic mass is 10.1. The van der Waals surface area contributed by atoms with E-state index in [2.05, 4.69) is 0 Å². The molecule has 8 heteroatoms. The number of rotatable bonds is 10. The lowest BCUT2D eigenvalue weighted by Crippen LogP contribution is -2.33. The Morgan fingerprint density at radius 2 is 1.94 bits per heavy atom. The van der Waals surface area contributed by atoms with Gasteiger partial charge in [0.05, 0.1) is 11.5 Å². The zero-order valence-corrected chi connectivity index (χ0v) is 17.2. The van der Waals surface area contributed by atoms with Crippen LogP contribution in [0.2, 0.25) is 0 Å². The van der Waals surface area contributed by atoms with E-state index >= 15 is 0 Å². The summed E-state index contributed by atoms with van der Waals surface area (Å²) in [5.74, 6) is -0.572. The van der Waals surface area contributed by atoms with Crippen LogP contribution in [0.1, 0.15) is 28.0 Å². The van der Waals surface area contributed by atoms with Gasteiger partial charge in [0, 0.05) is 56.4 Å². The molecule has 0 bridgehead atoms. The molecule has 0 radical (unpaired) electrons. The number of amides is 1. The third-order valence-electron chi connectivity index (χ3n) is 4.91. The van der Waals surface area contributed by atoms with Gasteiger partial charge in [-0.05, 0) is 42.3 Å². The van der Waals surface area contributed by atoms with E-state index in [0.717, 1.165) is 11.3 Å². The van der Waals surface area contributed by atoms with Gasteiger partial charge in [-0.2, -0.15) is 0 Å². The molecule has 0 aliphatic rings. The maximum absolute atomic E-state index is 13.2. The van der Waals surface area contributed by atoms with Gasteiger partial charge in [0.15, 0.2) is 0 Å². The number of aromatic nitrogens is 1. The second kappa shape index (κ2) is 10.5. The zero-order chi connectivity index (χ0) is 22.2. The highest BCUT2D eigenvalue weighted by Crippen LogP contribution is 2.18. The summed E-state index contributed by atoms with van der Waals surface area (Å²) in [6, 6.07) is 15.9. The Balaban J connectivity index is 1.81. The first-order valence-corrected chi connectivity index (χ1v) is 9.89. The Morgan fingerprint density at radius 1 is 1.16 bits per heavy atom. The molecular formula is C23H24FN3O4. The SMILES string of the molecule is COCCCN(Cc1cccn1Cc1ccc(F)cc1)C(=O)c1cccc([N+](=O)[O-])c1. The Bertz CT molecular complexity index is 1030. The van der Waals surface area contributed by atoms with E-state index in [0.29, 0.717) is 32.7 Å². The number of methoxy groups -OCH3 is 1. The average Bonchev–Trinajstić information content (AvgIpc) is 3.21. The van der Waals surface area contributed by atoms with Gasteiger partial charge < -0.3 is 14.2 Å². The van der Waals surface area contributed by atoms with Crippen molar-refractivity contribution < 1.29 is 18.8 Å². The monoisotopic (exact) mass is 425 g/mol. The lowest BCUT2D eigenvalue weighted by molar-refractivity contribution is -0.384. The van der Waals surface area contributed by atoms with E-state index in [1.54, 1.807) is 30.2 Å². The van der Waals surface area contributed by atoms with E-state index in [9.17, 15) is 19.3 Å². The molecular weight excluding hydrogens is 401 g/mol. The summed E-state index contributed by atoms with van der Waals surface area (Å²) < 4.78 is 20.3. The van der Waals surface area contributed by atoms with Crippen molar-refractivity contribution in [3.63, 3.8) is 0 Å². The molecule has 162 valence electrons. The first kappa shape index (κ1) is 22.2. The van der Waals surface area contributed by atoms with Crippen LogP contribution in [0.4, 0.5) is 10.1 Å². The number of hydrogen-bond donors (Lipinski definition) is 0. The third-order valence-corrected chi connectivity index (χ3v) is 4.91. The van der Waals surface area contributed by atoms with Crippen LogP contribution in [-0.2, 0) is 17.8 Å². The maximum atomic E-state index is 13.2. The number of halogens is 1. The molecule has 3 rings (SSSR count). The molecule has 2 aromatic carbocycles. The van der Waals surface area contributed by atoms with Crippen molar-refractivity contribution in [3.05, 3.63) is 99.6 Å². The molecule has 1 aromatic heterocycles. The molecule has 31 heavy (non-hydrogen) atoms. The summed E-state index contributed by atoms with van der Waals surface area (Å²) in [7, 11) is 1.60. The molecule has 7 nitrogen and oxygen atoms in total. The normalized spacial score (nSPS) is 10.8. The zero-order valence-electron chi connectivity index (χ0n) is 17.2. The number of ether oxygens (including phenoxy) is 1. The van der Waals surface area contributed by atoms with Crippen molar-refractivity contribution in [1.82, 2.24) is 9.47 Å². The fraction of sp³-hybridized carbons (Fsp3) is 0.261. The first-order chi connectivity index (χ1) is 15.0. The lowest BCUT2D eigenvalue weighted by Gasteiger charge is -2.24. The van der Waals surface area contributed by atoms with Gasteiger partial charge in [-0.3, -0.25) is 14.9 Å². The van der Waals surface area contributed by atoms with Gasteiger partial charge in [0.25, 0.3) is 11.6 Å². The summed E-state index contributed by atoms with van der Waals surface area (Å²) in [5.41, 5.74) is 1.99. The number of benzene rings is 2. The van der Waals surface area contributed by atoms with E-state index < -0.39 is 4.92 Å². The summed E-state index contributed by atoms with van der Waals surface area (Å²) in [4.78, 5) is 25.4. The molecule has 0 aliphatic carbocycles. The molecule has 0 fully saturated rings. The molecule has 0 saturated carbocycles. The van der Waals surface area contributed by atoms with E-state index in [1.807, 2.05) is 22.9 Å². The number of nitro groups is 1. The van der Waals surface area contributed by atoms with Crippen LogP contribution in [0, 0.1) is 15.9 Å². The van der Waals surface area contributed by atoms with Crippen molar-refractivity contribution >= 4 is 11.6 Å². The van der Waals surface area contributed by atoms with Gasteiger partial charge in [-0.15, -0.1) is 0 Å². The highest BCUT2D eigenvalue weighted by molar-refractivity contribution is 5.94. The third kappa shape index (κ3) is 5.99. The minimum Gasteiger partial charge on any atom is -0.385 e. The van der Waals surface area contributed by atoms with Gasteiger partial charge in [-0.25, -0.2) is 4.39 Å². The smallest absolute Gasteiger partial charge is 0.270 e. The molecule has 0 N–H and O–H groups in total. The van der Waals surface area contributed by atoms with Gasteiger partial charge in [-0.1, -0.05) is 18.2 Å². The molecule has 0 unspecified atom stereocenters. The maximum Gasteiger partial charge on any atom is 0.270 e. The minimum absolute atomic E-state index is 0.123. The molecule has 1 amide bonds. The van der Waals surface area contributed by atoms with Crippen molar-refractivity contribution in [2.75, 3.05) is 20.3 Å². The van der Waals surface area contributed by atoms with E-state index in [-0.39, 0.29) is 23.0 Å². The number of carbonyl (C=O) groups excluding carboxylic acids is 1. The average molecular weight is 425 g/mol. The molecule has 0 saturated heterocycles. The van der Waals surface area contributed by atoms with Crippen molar-refractivity contribution in [2.45, 2.75) is 19.5 Å². The summed E-state index contributed by atoms with van der Waals surface area (Å²) >= 11 is 0. The fourth-order valence-electron chi connectivity index (χ4n) is 3.32. The summed E-state index contributed by atoms with van der Waals surface area (Å²) in [6.45, 7) is 1.81. The number of hydrogen-bond acceptors (Lipinski definition) is 4. The Labute approximate surface area is 179 Å². The molecule has 0 aliphatic heterocycles. The van der Waals surface area contributed by atoms with Gasteiger partial charge >= 0.3 is 0 Å². The highest BCUT2D eigenvalue weighted by atomic mass is 19.1. The second-order valence-corrected chi connectivity index (χ2v) is 7.13. The molecule has 3 aromatic rings. The highest BCUT2D eigenvalue weighted by Gasteiger charge is 2.19. The fourth-order valence-corrected chi connectivity index (χ4v) is 3.32. The van der Waals surface area contributed by atoms with Gasteiger partial charge in [0.2, 0.25) is 0 Å². The minimum atomic E-state index is -0.514. The summed E-state index contributed by atoms with van der Waals surface area (Å²) in [6.07, 6.45) is 2.54. The van der Waals surface area contributed by atoms with Crippen LogP contribution < -0.4 is 0 Å². The van der Waals surface area contributed by atoms with Crippen molar-refractivity contribution in [2.24, 2.45) is 0 Å². The number of carbonyl (C=O) groups is 1. The Kier molecular flexibility index (Phi) is 7.50. The predicted molar refractivity (Wildman–Crippen MR) is 114 cm³/mol. The molecule has 1 heterocycles. The number of non-ortho nitro benzene ring substituents is 1. The van der Waals surface area contributed by atoms with Crippen LogP contribution in [0.25, 0.3) is 0 Å². The van der Waals surface area contributed by atoms with Crippen LogP contribution in [0.3, 0.4) is 0 Å². The summed E-state index contributed by atoms with van der Waals surface area (Å²) in [5, 5.41) is 11.1. The second-order valence-electron chi connectivity index (χ2n) is 7.13. The first-order valence-electron chi connectivity index (χ1n) is 9.89. The quantitative estimate of drug-likeness (QED) is 0.276. The van der Waals surface area contributed by atoms with Crippen LogP contribution >= 0.6 is 0 Å². The predicted octanol–water partition coefficient (Wildman–Crippen LogP) is 4.26. The van der Waals surface area contributed by atoms with E-state index in [1.165, 1.54) is 30.3 Å². The van der Waals surface area contributed by atoms with Crippen LogP contribution in [-0.4, -0.2) is 40.6 Å². The number of nitrogens with zero attached hydrogens (tertiary/aromatic N) is 3. The topological polar surface area (TPSA) is 77.6 Å². The molecule has 0 atom stereocenters. The van der Waals surface area contributed by atoms with Crippen molar-refractivity contribution in [1.29, 1.82) is 0 Å². The van der Waals surface area contributed by atoms with Crippen LogP contribution in [0.15, 0.2) is 66.9 Å².